The molecule has 4 saturated carbocycles. The summed E-state index contributed by atoms with van der Waals surface area (Å²) in [5.41, 5.74) is 2.26. The second-order valence-electron chi connectivity index (χ2n) is 8.80. The van der Waals surface area contributed by atoms with E-state index in [2.05, 4.69) is 24.2 Å². The molecule has 1 aliphatic heterocycles. The van der Waals surface area contributed by atoms with Crippen molar-refractivity contribution < 1.29 is 0 Å². The van der Waals surface area contributed by atoms with Gasteiger partial charge in [0.1, 0.15) is 0 Å². The van der Waals surface area contributed by atoms with Crippen molar-refractivity contribution in [1.82, 2.24) is 10.2 Å². The van der Waals surface area contributed by atoms with Crippen molar-refractivity contribution in [2.24, 2.45) is 22.7 Å². The lowest BCUT2D eigenvalue weighted by Gasteiger charge is -2.60. The topological polar surface area (TPSA) is 27.6 Å². The van der Waals surface area contributed by atoms with Gasteiger partial charge in [0.15, 0.2) is 5.96 Å². The van der Waals surface area contributed by atoms with Gasteiger partial charge in [0.25, 0.3) is 0 Å². The molecule has 25 heavy (non-hydrogen) atoms. The summed E-state index contributed by atoms with van der Waals surface area (Å²) in [5.74, 6) is 3.78. The molecular formula is C20H25Cl2N3. The van der Waals surface area contributed by atoms with E-state index in [1.54, 1.807) is 0 Å². The van der Waals surface area contributed by atoms with E-state index in [0.29, 0.717) is 15.6 Å². The zero-order valence-electron chi connectivity index (χ0n) is 14.9. The molecule has 0 amide bonds. The Bertz CT molecular complexity index is 722. The largest absolute Gasteiger partial charge is 0.349 e. The van der Waals surface area contributed by atoms with Gasteiger partial charge < -0.3 is 10.2 Å². The lowest BCUT2D eigenvalue weighted by molar-refractivity contribution is -0.0559. The number of halogens is 2. The van der Waals surface area contributed by atoms with Gasteiger partial charge in [-0.25, -0.2) is 4.99 Å². The number of aliphatic imine (C=N–C) groups is 1. The van der Waals surface area contributed by atoms with Gasteiger partial charge in [0.2, 0.25) is 0 Å². The Labute approximate surface area is 159 Å². The van der Waals surface area contributed by atoms with Crippen molar-refractivity contribution in [3.8, 4) is 0 Å². The van der Waals surface area contributed by atoms with E-state index in [1.807, 2.05) is 12.1 Å². The Hall–Kier alpha value is -0.930. The molecule has 6 rings (SSSR count). The van der Waals surface area contributed by atoms with Crippen LogP contribution in [0.3, 0.4) is 0 Å². The molecule has 1 unspecified atom stereocenters. The summed E-state index contributed by atoms with van der Waals surface area (Å²) in [6.07, 6.45) is 8.37. The highest BCUT2D eigenvalue weighted by Gasteiger charge is 2.53. The Morgan fingerprint density at radius 3 is 2.28 bits per heavy atom. The first kappa shape index (κ1) is 16.3. The first-order valence-electron chi connectivity index (χ1n) is 9.52. The van der Waals surface area contributed by atoms with Gasteiger partial charge in [-0.2, -0.15) is 0 Å². The molecule has 4 fully saturated rings. The molecule has 0 spiro atoms. The summed E-state index contributed by atoms with van der Waals surface area (Å²) < 4.78 is 0. The number of benzene rings is 1. The SMILES string of the molecule is CC1NC(N(C)C23CC4CC(CC(C4)C2)C3)=Nc2ccc(Cl)c(Cl)c21. The van der Waals surface area contributed by atoms with Crippen molar-refractivity contribution in [2.75, 3.05) is 7.05 Å². The molecule has 0 radical (unpaired) electrons. The third kappa shape index (κ3) is 2.42. The maximum Gasteiger partial charge on any atom is 0.199 e. The smallest absolute Gasteiger partial charge is 0.199 e. The molecule has 0 saturated heterocycles. The van der Waals surface area contributed by atoms with Gasteiger partial charge in [-0.1, -0.05) is 23.2 Å². The van der Waals surface area contributed by atoms with Crippen LogP contribution in [0.15, 0.2) is 17.1 Å². The Balaban J connectivity index is 1.51. The number of nitrogens with one attached hydrogen (secondary N) is 1. The summed E-state index contributed by atoms with van der Waals surface area (Å²) in [6.45, 7) is 2.14. The van der Waals surface area contributed by atoms with Crippen molar-refractivity contribution >= 4 is 34.8 Å². The van der Waals surface area contributed by atoms with Gasteiger partial charge in [-0.15, -0.1) is 0 Å². The monoisotopic (exact) mass is 377 g/mol. The van der Waals surface area contributed by atoms with E-state index >= 15 is 0 Å². The van der Waals surface area contributed by atoms with Crippen LogP contribution in [0.25, 0.3) is 0 Å². The lowest BCUT2D eigenvalue weighted by atomic mass is 9.52. The number of fused-ring (bicyclic) bond motifs is 1. The van der Waals surface area contributed by atoms with Crippen LogP contribution in [0.2, 0.25) is 10.0 Å². The average molecular weight is 378 g/mol. The molecule has 1 heterocycles. The molecule has 0 aromatic heterocycles. The van der Waals surface area contributed by atoms with E-state index in [0.717, 1.165) is 35.0 Å². The minimum Gasteiger partial charge on any atom is -0.349 e. The number of hydrogen-bond acceptors (Lipinski definition) is 3. The van der Waals surface area contributed by atoms with Gasteiger partial charge in [0, 0.05) is 18.2 Å². The van der Waals surface area contributed by atoms with Crippen molar-refractivity contribution in [3.63, 3.8) is 0 Å². The van der Waals surface area contributed by atoms with Crippen LogP contribution in [-0.2, 0) is 0 Å². The fourth-order valence-electron chi connectivity index (χ4n) is 6.35. The van der Waals surface area contributed by atoms with Crippen LogP contribution >= 0.6 is 23.2 Å². The quantitative estimate of drug-likeness (QED) is 0.694. The predicted molar refractivity (Wildman–Crippen MR) is 104 cm³/mol. The summed E-state index contributed by atoms with van der Waals surface area (Å²) in [5, 5.41) is 4.82. The summed E-state index contributed by atoms with van der Waals surface area (Å²) in [4.78, 5) is 7.41. The van der Waals surface area contributed by atoms with E-state index in [9.17, 15) is 0 Å². The molecule has 5 aliphatic rings. The minimum absolute atomic E-state index is 0.116. The zero-order valence-corrected chi connectivity index (χ0v) is 16.4. The Morgan fingerprint density at radius 1 is 1.08 bits per heavy atom. The second-order valence-corrected chi connectivity index (χ2v) is 9.58. The van der Waals surface area contributed by atoms with Crippen molar-refractivity contribution in [1.29, 1.82) is 0 Å². The molecular weight excluding hydrogens is 353 g/mol. The molecule has 1 aromatic rings. The third-order valence-electron chi connectivity index (χ3n) is 7.15. The van der Waals surface area contributed by atoms with E-state index in [-0.39, 0.29) is 6.04 Å². The maximum absolute atomic E-state index is 6.43. The molecule has 1 N–H and O–H groups in total. The van der Waals surface area contributed by atoms with Crippen LogP contribution in [0.4, 0.5) is 5.69 Å². The highest BCUT2D eigenvalue weighted by atomic mass is 35.5. The van der Waals surface area contributed by atoms with Crippen LogP contribution < -0.4 is 5.32 Å². The Kier molecular flexibility index (Phi) is 3.60. The first-order chi connectivity index (χ1) is 11.9. The summed E-state index contributed by atoms with van der Waals surface area (Å²) >= 11 is 12.6. The minimum atomic E-state index is 0.116. The molecule has 134 valence electrons. The zero-order chi connectivity index (χ0) is 17.3. The molecule has 5 heteroatoms. The van der Waals surface area contributed by atoms with Gasteiger partial charge in [-0.05, 0) is 75.3 Å². The number of rotatable bonds is 1. The van der Waals surface area contributed by atoms with Crippen LogP contribution in [-0.4, -0.2) is 23.4 Å². The maximum atomic E-state index is 6.43. The van der Waals surface area contributed by atoms with E-state index < -0.39 is 0 Å². The molecule has 4 bridgehead atoms. The predicted octanol–water partition coefficient (Wildman–Crippen LogP) is 5.55. The molecule has 1 aromatic carbocycles. The molecule has 1 atom stereocenters. The highest BCUT2D eigenvalue weighted by Crippen LogP contribution is 2.57. The van der Waals surface area contributed by atoms with Crippen LogP contribution in [0.1, 0.15) is 57.1 Å². The van der Waals surface area contributed by atoms with E-state index in [1.165, 1.54) is 38.5 Å². The molecule has 3 nitrogen and oxygen atoms in total. The average Bonchev–Trinajstić information content (AvgIpc) is 2.56. The van der Waals surface area contributed by atoms with Crippen LogP contribution in [0, 0.1) is 17.8 Å². The van der Waals surface area contributed by atoms with Gasteiger partial charge in [-0.3, -0.25) is 0 Å². The summed E-state index contributed by atoms with van der Waals surface area (Å²) in [7, 11) is 2.24. The van der Waals surface area contributed by atoms with Gasteiger partial charge >= 0.3 is 0 Å². The molecule has 4 aliphatic carbocycles. The van der Waals surface area contributed by atoms with Gasteiger partial charge in [0.05, 0.1) is 21.8 Å². The fourth-order valence-corrected chi connectivity index (χ4v) is 6.84. The third-order valence-corrected chi connectivity index (χ3v) is 7.97. The highest BCUT2D eigenvalue weighted by molar-refractivity contribution is 6.42. The second kappa shape index (κ2) is 5.53. The Morgan fingerprint density at radius 2 is 1.68 bits per heavy atom. The number of guanidine groups is 1. The standard InChI is InChI=1S/C20H25Cl2N3/c1-11-17-16(4-3-15(21)18(17)22)24-19(23-11)25(2)20-8-12-5-13(9-20)7-14(6-12)10-20/h3-4,11-14H,5-10H2,1-2H3,(H,23,24). The number of hydrogen-bond donors (Lipinski definition) is 1. The van der Waals surface area contributed by atoms with E-state index in [4.69, 9.17) is 28.2 Å². The normalized spacial score (nSPS) is 38.2. The fraction of sp³-hybridized carbons (Fsp3) is 0.650. The summed E-state index contributed by atoms with van der Waals surface area (Å²) in [6, 6.07) is 3.96. The van der Waals surface area contributed by atoms with Crippen molar-refractivity contribution in [3.05, 3.63) is 27.7 Å². The van der Waals surface area contributed by atoms with Crippen molar-refractivity contribution in [2.45, 2.75) is 57.0 Å². The first-order valence-corrected chi connectivity index (χ1v) is 10.3. The number of nitrogens with zero attached hydrogens (tertiary/aromatic N) is 2. The van der Waals surface area contributed by atoms with Crippen LogP contribution in [0.5, 0.6) is 0 Å². The lowest BCUT2D eigenvalue weighted by Crippen LogP contribution is -2.62.